The number of aryl methyl sites for hydroxylation is 2. The number of ether oxygens (including phenoxy) is 1. The van der Waals surface area contributed by atoms with E-state index in [0.29, 0.717) is 6.61 Å². The third-order valence-corrected chi connectivity index (χ3v) is 3.69. The lowest BCUT2D eigenvalue weighted by atomic mass is 9.96. The number of pyridine rings is 1. The van der Waals surface area contributed by atoms with Crippen LogP contribution in [0.15, 0.2) is 22.9 Å². The molecule has 1 atom stereocenters. The van der Waals surface area contributed by atoms with Gasteiger partial charge in [-0.3, -0.25) is 4.98 Å². The smallest absolute Gasteiger partial charge is 0.137 e. The number of furan rings is 1. The van der Waals surface area contributed by atoms with Crippen LogP contribution in [-0.4, -0.2) is 18.1 Å². The van der Waals surface area contributed by atoms with E-state index in [-0.39, 0.29) is 6.04 Å². The van der Waals surface area contributed by atoms with E-state index in [1.54, 1.807) is 6.20 Å². The van der Waals surface area contributed by atoms with Gasteiger partial charge in [-0.15, -0.1) is 0 Å². The second kappa shape index (κ2) is 6.76. The highest BCUT2D eigenvalue weighted by atomic mass is 16.5. The van der Waals surface area contributed by atoms with Crippen LogP contribution in [0, 0.1) is 20.8 Å². The maximum absolute atomic E-state index is 5.78. The first-order chi connectivity index (χ1) is 10.1. The van der Waals surface area contributed by atoms with E-state index in [0.717, 1.165) is 29.4 Å². The van der Waals surface area contributed by atoms with Crippen LogP contribution in [0.4, 0.5) is 0 Å². The second-order valence-electron chi connectivity index (χ2n) is 5.13. The van der Waals surface area contributed by atoms with Crippen molar-refractivity contribution in [1.82, 2.24) is 10.3 Å². The lowest BCUT2D eigenvalue weighted by Gasteiger charge is -2.19. The molecule has 0 spiro atoms. The fraction of sp³-hybridized carbons (Fsp3) is 0.471. The normalized spacial score (nSPS) is 12.4. The topological polar surface area (TPSA) is 47.3 Å². The third-order valence-electron chi connectivity index (χ3n) is 3.69. The Hall–Kier alpha value is -1.81. The van der Waals surface area contributed by atoms with Gasteiger partial charge in [0, 0.05) is 11.8 Å². The zero-order valence-electron chi connectivity index (χ0n) is 13.5. The fourth-order valence-corrected chi connectivity index (χ4v) is 2.66. The van der Waals surface area contributed by atoms with Gasteiger partial charge in [0.25, 0.3) is 0 Å². The van der Waals surface area contributed by atoms with Crippen molar-refractivity contribution in [2.24, 2.45) is 0 Å². The first-order valence-corrected chi connectivity index (χ1v) is 7.46. The summed E-state index contributed by atoms with van der Waals surface area (Å²) in [6.45, 7) is 11.7. The molecule has 0 aliphatic rings. The van der Waals surface area contributed by atoms with Crippen molar-refractivity contribution in [2.75, 3.05) is 13.2 Å². The number of nitrogens with zero attached hydrogens (tertiary/aromatic N) is 1. The third kappa shape index (κ3) is 3.27. The Bertz CT molecular complexity index is 605. The molecule has 4 heteroatoms. The lowest BCUT2D eigenvalue weighted by Crippen LogP contribution is -2.23. The van der Waals surface area contributed by atoms with Crippen LogP contribution in [0.3, 0.4) is 0 Å². The van der Waals surface area contributed by atoms with Gasteiger partial charge in [0.2, 0.25) is 0 Å². The number of aromatic nitrogens is 1. The average molecular weight is 288 g/mol. The summed E-state index contributed by atoms with van der Waals surface area (Å²) >= 11 is 0. The van der Waals surface area contributed by atoms with E-state index in [9.17, 15) is 0 Å². The second-order valence-corrected chi connectivity index (χ2v) is 5.13. The van der Waals surface area contributed by atoms with Gasteiger partial charge in [-0.05, 0) is 51.4 Å². The van der Waals surface area contributed by atoms with E-state index < -0.39 is 0 Å². The maximum Gasteiger partial charge on any atom is 0.137 e. The molecule has 0 aliphatic heterocycles. The predicted octanol–water partition coefficient (Wildman–Crippen LogP) is 3.70. The molecule has 0 aromatic carbocycles. The molecule has 0 amide bonds. The summed E-state index contributed by atoms with van der Waals surface area (Å²) in [7, 11) is 0. The van der Waals surface area contributed by atoms with Crippen molar-refractivity contribution < 1.29 is 9.15 Å². The van der Waals surface area contributed by atoms with Gasteiger partial charge >= 0.3 is 0 Å². The Labute approximate surface area is 126 Å². The SMILES string of the molecule is CCNC(c1cncc(OCC)c1)c1c(C)oc(C)c1C. The molecule has 0 aliphatic carbocycles. The Balaban J connectivity index is 2.45. The fourth-order valence-electron chi connectivity index (χ4n) is 2.66. The van der Waals surface area contributed by atoms with Crippen LogP contribution in [0.2, 0.25) is 0 Å². The minimum absolute atomic E-state index is 0.0698. The van der Waals surface area contributed by atoms with Gasteiger partial charge in [-0.1, -0.05) is 6.92 Å². The van der Waals surface area contributed by atoms with Crippen molar-refractivity contribution in [2.45, 2.75) is 40.7 Å². The Kier molecular flexibility index (Phi) is 5.02. The molecule has 0 bridgehead atoms. The molecule has 4 nitrogen and oxygen atoms in total. The highest BCUT2D eigenvalue weighted by Gasteiger charge is 2.22. The first kappa shape index (κ1) is 15.6. The van der Waals surface area contributed by atoms with Gasteiger partial charge in [0.1, 0.15) is 17.3 Å². The molecule has 0 saturated heterocycles. The molecule has 2 rings (SSSR count). The van der Waals surface area contributed by atoms with E-state index in [1.807, 2.05) is 33.0 Å². The highest BCUT2D eigenvalue weighted by molar-refractivity contribution is 5.41. The summed E-state index contributed by atoms with van der Waals surface area (Å²) in [5.74, 6) is 2.73. The van der Waals surface area contributed by atoms with Crippen LogP contribution in [0.5, 0.6) is 5.75 Å². The van der Waals surface area contributed by atoms with Crippen molar-refractivity contribution in [3.05, 3.63) is 46.7 Å². The average Bonchev–Trinajstić information content (AvgIpc) is 2.71. The van der Waals surface area contributed by atoms with Crippen molar-refractivity contribution in [3.8, 4) is 5.75 Å². The van der Waals surface area contributed by atoms with Crippen molar-refractivity contribution in [3.63, 3.8) is 0 Å². The molecule has 0 fully saturated rings. The maximum atomic E-state index is 5.78. The molecule has 0 saturated carbocycles. The molecule has 114 valence electrons. The molecule has 21 heavy (non-hydrogen) atoms. The van der Waals surface area contributed by atoms with Crippen LogP contribution >= 0.6 is 0 Å². The molecular formula is C17H24N2O2. The number of nitrogens with one attached hydrogen (secondary N) is 1. The summed E-state index contributed by atoms with van der Waals surface area (Å²) in [5.41, 5.74) is 3.49. The molecular weight excluding hydrogens is 264 g/mol. The largest absolute Gasteiger partial charge is 0.492 e. The molecule has 2 aromatic heterocycles. The standard InChI is InChI=1S/C17H24N2O2/c1-6-19-17(16-11(3)12(4)21-13(16)5)14-8-15(20-7-2)10-18-9-14/h8-10,17,19H,6-7H2,1-5H3. The lowest BCUT2D eigenvalue weighted by molar-refractivity contribution is 0.338. The Morgan fingerprint density at radius 3 is 2.52 bits per heavy atom. The predicted molar refractivity (Wildman–Crippen MR) is 83.8 cm³/mol. The summed E-state index contributed by atoms with van der Waals surface area (Å²) in [6, 6.07) is 2.12. The van der Waals surface area contributed by atoms with Gasteiger partial charge in [0.15, 0.2) is 0 Å². The summed E-state index contributed by atoms with van der Waals surface area (Å²) < 4.78 is 11.3. The van der Waals surface area contributed by atoms with Crippen LogP contribution in [0.25, 0.3) is 0 Å². The zero-order chi connectivity index (χ0) is 15.4. The summed E-state index contributed by atoms with van der Waals surface area (Å²) in [5, 5.41) is 3.52. The number of hydrogen-bond acceptors (Lipinski definition) is 4. The summed E-state index contributed by atoms with van der Waals surface area (Å²) in [6.07, 6.45) is 3.63. The van der Waals surface area contributed by atoms with Gasteiger partial charge in [-0.2, -0.15) is 0 Å². The minimum Gasteiger partial charge on any atom is -0.492 e. The number of hydrogen-bond donors (Lipinski definition) is 1. The zero-order valence-corrected chi connectivity index (χ0v) is 13.5. The van der Waals surface area contributed by atoms with Gasteiger partial charge in [0.05, 0.1) is 18.8 Å². The van der Waals surface area contributed by atoms with E-state index in [4.69, 9.17) is 9.15 Å². The molecule has 2 aromatic rings. The monoisotopic (exact) mass is 288 g/mol. The van der Waals surface area contributed by atoms with E-state index in [2.05, 4.69) is 24.1 Å². The van der Waals surface area contributed by atoms with Crippen LogP contribution < -0.4 is 10.1 Å². The van der Waals surface area contributed by atoms with Crippen LogP contribution in [-0.2, 0) is 0 Å². The highest BCUT2D eigenvalue weighted by Crippen LogP contribution is 2.32. The first-order valence-electron chi connectivity index (χ1n) is 7.46. The quantitative estimate of drug-likeness (QED) is 0.880. The summed E-state index contributed by atoms with van der Waals surface area (Å²) in [4.78, 5) is 4.30. The van der Waals surface area contributed by atoms with Crippen molar-refractivity contribution in [1.29, 1.82) is 0 Å². The minimum atomic E-state index is 0.0698. The Morgan fingerprint density at radius 2 is 1.95 bits per heavy atom. The van der Waals surface area contributed by atoms with Gasteiger partial charge < -0.3 is 14.5 Å². The molecule has 1 N–H and O–H groups in total. The molecule has 2 heterocycles. The molecule has 1 unspecified atom stereocenters. The van der Waals surface area contributed by atoms with E-state index in [1.165, 1.54) is 11.1 Å². The Morgan fingerprint density at radius 1 is 1.19 bits per heavy atom. The molecule has 0 radical (unpaired) electrons. The van der Waals surface area contributed by atoms with E-state index >= 15 is 0 Å². The van der Waals surface area contributed by atoms with Crippen LogP contribution in [0.1, 0.15) is 48.1 Å². The van der Waals surface area contributed by atoms with Crippen molar-refractivity contribution >= 4 is 0 Å². The number of rotatable bonds is 6. The van der Waals surface area contributed by atoms with Gasteiger partial charge in [-0.25, -0.2) is 0 Å².